The zero-order chi connectivity index (χ0) is 39.9. The molecule has 0 aromatic rings. The fourth-order valence-corrected chi connectivity index (χ4v) is 6.16. The normalized spacial score (nSPS) is 21.6. The van der Waals surface area contributed by atoms with Gasteiger partial charge in [0, 0.05) is 12.8 Å². The van der Waals surface area contributed by atoms with Gasteiger partial charge in [0.15, 0.2) is 12.4 Å². The molecule has 0 aromatic carbocycles. The molecule has 1 heterocycles. The molecule has 0 bridgehead atoms. The Morgan fingerprint density at radius 3 is 1.80 bits per heavy atom. The van der Waals surface area contributed by atoms with Crippen LogP contribution in [0.2, 0.25) is 0 Å². The molecule has 0 aromatic heterocycles. The molecule has 2 unspecified atom stereocenters. The lowest BCUT2D eigenvalue weighted by atomic mass is 10.00. The van der Waals surface area contributed by atoms with Crippen molar-refractivity contribution in [2.75, 3.05) is 19.0 Å². The molecule has 310 valence electrons. The van der Waals surface area contributed by atoms with Crippen LogP contribution in [0, 0.1) is 0 Å². The van der Waals surface area contributed by atoms with E-state index < -0.39 is 71.2 Å². The van der Waals surface area contributed by atoms with Crippen molar-refractivity contribution in [2.24, 2.45) is 0 Å². The van der Waals surface area contributed by atoms with Crippen LogP contribution in [-0.2, 0) is 38.7 Å². The Bertz CT molecular complexity index is 1240. The number of hydrogen-bond donors (Lipinski definition) is 4. The second-order valence-corrected chi connectivity index (χ2v) is 15.1. The lowest BCUT2D eigenvalue weighted by molar-refractivity contribution is -0.297. The van der Waals surface area contributed by atoms with Crippen LogP contribution in [0.15, 0.2) is 60.8 Å². The Morgan fingerprint density at radius 2 is 1.17 bits per heavy atom. The number of aliphatic hydroxyl groups is 3. The molecule has 0 spiro atoms. The van der Waals surface area contributed by atoms with E-state index in [0.717, 1.165) is 77.0 Å². The summed E-state index contributed by atoms with van der Waals surface area (Å²) in [5.74, 6) is -2.06. The van der Waals surface area contributed by atoms with Crippen molar-refractivity contribution in [1.82, 2.24) is 0 Å². The lowest BCUT2D eigenvalue weighted by Gasteiger charge is -2.40. The van der Waals surface area contributed by atoms with Crippen molar-refractivity contribution in [1.29, 1.82) is 0 Å². The third kappa shape index (κ3) is 26.2. The molecule has 6 atom stereocenters. The maximum absolute atomic E-state index is 12.7. The number of ether oxygens (including phenoxy) is 4. The Morgan fingerprint density at radius 1 is 0.648 bits per heavy atom. The molecule has 0 radical (unpaired) electrons. The molecule has 1 aliphatic rings. The number of carbonyl (C=O) groups is 2. The van der Waals surface area contributed by atoms with Gasteiger partial charge >= 0.3 is 11.9 Å². The Balaban J connectivity index is 2.55. The quantitative estimate of drug-likeness (QED) is 0.0245. The lowest BCUT2D eigenvalue weighted by Crippen LogP contribution is -2.60. The van der Waals surface area contributed by atoms with Crippen molar-refractivity contribution in [3.8, 4) is 0 Å². The zero-order valence-corrected chi connectivity index (χ0v) is 33.4. The van der Waals surface area contributed by atoms with E-state index >= 15 is 0 Å². The highest BCUT2D eigenvalue weighted by Crippen LogP contribution is 2.24. The van der Waals surface area contributed by atoms with E-state index in [-0.39, 0.29) is 19.4 Å². The van der Waals surface area contributed by atoms with E-state index in [1.54, 1.807) is 0 Å². The summed E-state index contributed by atoms with van der Waals surface area (Å²) in [6, 6.07) is 0. The van der Waals surface area contributed by atoms with Crippen LogP contribution in [0.3, 0.4) is 0 Å². The summed E-state index contributed by atoms with van der Waals surface area (Å²) >= 11 is 0. The number of aliphatic hydroxyl groups excluding tert-OH is 3. The first-order valence-electron chi connectivity index (χ1n) is 19.8. The van der Waals surface area contributed by atoms with Crippen LogP contribution in [-0.4, -0.2) is 96.0 Å². The van der Waals surface area contributed by atoms with Gasteiger partial charge in [0.05, 0.1) is 6.61 Å². The Labute approximate surface area is 324 Å². The van der Waals surface area contributed by atoms with Gasteiger partial charge in [0.2, 0.25) is 0 Å². The molecule has 0 saturated carbocycles. The Hall–Kier alpha value is -2.65. The standard InChI is InChI=1S/C41H68O12S/c1-3-5-7-9-11-13-15-16-17-18-20-21-23-25-27-29-36(42)50-31-34(52-37(43)30-28-26-24-22-19-14-12-10-8-6-4-2)32-51-41-40(46)39(45)38(44)35(53-41)33-54(47,48)49/h5,7,10-13,16-17,20-21,34-35,38-41,44-46H,3-4,6,8-9,14-15,18-19,22-33H2,1-2H3,(H,47,48,49)/b7-5+,12-10+,13-11+,17-16+,21-20+/t34-,35-,38-,39?,40?,41+/m1/s1. The predicted octanol–water partition coefficient (Wildman–Crippen LogP) is 7.00. The van der Waals surface area contributed by atoms with Crippen LogP contribution in [0.1, 0.15) is 129 Å². The molecule has 1 fully saturated rings. The van der Waals surface area contributed by atoms with Gasteiger partial charge in [-0.3, -0.25) is 14.1 Å². The van der Waals surface area contributed by atoms with Crippen molar-refractivity contribution >= 4 is 22.1 Å². The fraction of sp³-hybridized carbons (Fsp3) is 0.707. The maximum Gasteiger partial charge on any atom is 0.306 e. The van der Waals surface area contributed by atoms with Crippen molar-refractivity contribution in [3.05, 3.63) is 60.8 Å². The minimum absolute atomic E-state index is 0.141. The second kappa shape index (κ2) is 31.5. The number of unbranched alkanes of at least 4 members (excludes halogenated alkanes) is 9. The highest BCUT2D eigenvalue weighted by molar-refractivity contribution is 7.85. The highest BCUT2D eigenvalue weighted by atomic mass is 32.2. The van der Waals surface area contributed by atoms with Crippen molar-refractivity contribution in [3.63, 3.8) is 0 Å². The van der Waals surface area contributed by atoms with Gasteiger partial charge in [-0.2, -0.15) is 8.42 Å². The summed E-state index contributed by atoms with van der Waals surface area (Å²) in [4.78, 5) is 25.2. The third-order valence-corrected chi connectivity index (χ3v) is 9.33. The first-order valence-corrected chi connectivity index (χ1v) is 21.5. The molecule has 0 aliphatic carbocycles. The van der Waals surface area contributed by atoms with Gasteiger partial charge in [-0.05, 0) is 70.6 Å². The molecule has 4 N–H and O–H groups in total. The Kier molecular flexibility index (Phi) is 28.8. The van der Waals surface area contributed by atoms with Crippen LogP contribution in [0.4, 0.5) is 0 Å². The fourth-order valence-electron chi connectivity index (χ4n) is 5.47. The van der Waals surface area contributed by atoms with Gasteiger partial charge in [-0.15, -0.1) is 0 Å². The van der Waals surface area contributed by atoms with E-state index in [0.29, 0.717) is 12.8 Å². The van der Waals surface area contributed by atoms with Gasteiger partial charge in [0.25, 0.3) is 10.1 Å². The first kappa shape index (κ1) is 49.4. The topological polar surface area (TPSA) is 186 Å². The minimum atomic E-state index is -4.61. The van der Waals surface area contributed by atoms with Crippen molar-refractivity contribution < 1.29 is 56.8 Å². The molecule has 12 nitrogen and oxygen atoms in total. The number of hydrogen-bond acceptors (Lipinski definition) is 11. The third-order valence-electron chi connectivity index (χ3n) is 8.58. The van der Waals surface area contributed by atoms with Crippen LogP contribution in [0.5, 0.6) is 0 Å². The number of carbonyl (C=O) groups excluding carboxylic acids is 2. The minimum Gasteiger partial charge on any atom is -0.462 e. The smallest absolute Gasteiger partial charge is 0.306 e. The average molecular weight is 785 g/mol. The van der Waals surface area contributed by atoms with Gasteiger partial charge in [-0.25, -0.2) is 0 Å². The summed E-state index contributed by atoms with van der Waals surface area (Å²) in [5.41, 5.74) is 0. The van der Waals surface area contributed by atoms with E-state index in [1.807, 2.05) is 0 Å². The summed E-state index contributed by atoms with van der Waals surface area (Å²) in [7, 11) is -4.61. The predicted molar refractivity (Wildman–Crippen MR) is 210 cm³/mol. The summed E-state index contributed by atoms with van der Waals surface area (Å²) in [6.45, 7) is 3.52. The number of rotatable bonds is 31. The van der Waals surface area contributed by atoms with Crippen LogP contribution >= 0.6 is 0 Å². The number of esters is 2. The second-order valence-electron chi connectivity index (χ2n) is 13.6. The van der Waals surface area contributed by atoms with Crippen molar-refractivity contribution in [2.45, 2.75) is 166 Å². The zero-order valence-electron chi connectivity index (χ0n) is 32.5. The highest BCUT2D eigenvalue weighted by Gasteiger charge is 2.46. The number of allylic oxidation sites excluding steroid dienone is 10. The molecule has 0 amide bonds. The monoisotopic (exact) mass is 784 g/mol. The summed E-state index contributed by atoms with van der Waals surface area (Å²) in [6.07, 6.45) is 27.1. The largest absolute Gasteiger partial charge is 0.462 e. The molecule has 1 aliphatic heterocycles. The molecule has 54 heavy (non-hydrogen) atoms. The van der Waals surface area contributed by atoms with Gasteiger partial charge in [-0.1, -0.05) is 107 Å². The molecule has 1 saturated heterocycles. The average Bonchev–Trinajstić information content (AvgIpc) is 3.13. The maximum atomic E-state index is 12.7. The first-order chi connectivity index (χ1) is 26.0. The summed E-state index contributed by atoms with van der Waals surface area (Å²) < 4.78 is 53.8. The van der Waals surface area contributed by atoms with E-state index in [9.17, 15) is 37.9 Å². The van der Waals surface area contributed by atoms with E-state index in [4.69, 9.17) is 18.9 Å². The molecule has 1 rings (SSSR count). The van der Waals surface area contributed by atoms with Gasteiger partial charge < -0.3 is 34.3 Å². The molecular formula is C41H68O12S. The van der Waals surface area contributed by atoms with Crippen LogP contribution < -0.4 is 0 Å². The SMILES string of the molecule is CC/C=C/C/C=C/C/C=C/C/C=C/CCCCC(=O)OC[C@H](CO[C@H]1O[C@H](CS(=O)(=O)O)[C@@H](O)C(O)C1O)OC(=O)CCCCCCC/C=C/CCCC. The van der Waals surface area contributed by atoms with Crippen LogP contribution in [0.25, 0.3) is 0 Å². The summed E-state index contributed by atoms with van der Waals surface area (Å²) in [5, 5.41) is 30.7. The molecular weight excluding hydrogens is 717 g/mol. The van der Waals surface area contributed by atoms with E-state index in [1.165, 1.54) is 12.8 Å². The van der Waals surface area contributed by atoms with E-state index in [2.05, 4.69) is 74.6 Å². The molecule has 13 heteroatoms. The van der Waals surface area contributed by atoms with Gasteiger partial charge in [0.1, 0.15) is 36.8 Å².